The van der Waals surface area contributed by atoms with Crippen LogP contribution in [-0.4, -0.2) is 35.3 Å². The summed E-state index contributed by atoms with van der Waals surface area (Å²) < 4.78 is 31.6. The highest BCUT2D eigenvalue weighted by atomic mass is 19.1. The Kier molecular flexibility index (Phi) is 3.64. The van der Waals surface area contributed by atoms with Crippen LogP contribution in [0, 0.1) is 11.6 Å². The second kappa shape index (κ2) is 5.20. The molecule has 1 aliphatic heterocycles. The van der Waals surface area contributed by atoms with Crippen molar-refractivity contribution in [3.05, 3.63) is 29.8 Å². The number of rotatable bonds is 2. The molecule has 4 nitrogen and oxygen atoms in total. The Balaban J connectivity index is 1.95. The van der Waals surface area contributed by atoms with Crippen molar-refractivity contribution in [2.75, 3.05) is 13.1 Å². The van der Waals surface area contributed by atoms with Gasteiger partial charge in [0.2, 0.25) is 0 Å². The largest absolute Gasteiger partial charge is 0.487 e. The molecule has 1 amide bonds. The SMILES string of the molecule is O=C(O)N1CCC(Oc2cc(F)ccc2F)CC1. The van der Waals surface area contributed by atoms with Crippen LogP contribution in [-0.2, 0) is 0 Å². The third-order valence-electron chi connectivity index (χ3n) is 2.90. The van der Waals surface area contributed by atoms with Gasteiger partial charge in [-0.05, 0) is 12.1 Å². The molecule has 1 aromatic rings. The lowest BCUT2D eigenvalue weighted by molar-refractivity contribution is 0.0871. The van der Waals surface area contributed by atoms with Crippen molar-refractivity contribution in [3.63, 3.8) is 0 Å². The molecule has 18 heavy (non-hydrogen) atoms. The average Bonchev–Trinajstić information content (AvgIpc) is 2.34. The molecule has 0 unspecified atom stereocenters. The van der Waals surface area contributed by atoms with Gasteiger partial charge in [0.15, 0.2) is 11.6 Å². The van der Waals surface area contributed by atoms with E-state index in [1.165, 1.54) is 4.90 Å². The molecule has 2 rings (SSSR count). The van der Waals surface area contributed by atoms with E-state index in [9.17, 15) is 13.6 Å². The van der Waals surface area contributed by atoms with Crippen molar-refractivity contribution in [1.29, 1.82) is 0 Å². The fourth-order valence-electron chi connectivity index (χ4n) is 1.91. The molecule has 0 spiro atoms. The van der Waals surface area contributed by atoms with Crippen LogP contribution in [0.3, 0.4) is 0 Å². The number of carbonyl (C=O) groups is 1. The third-order valence-corrected chi connectivity index (χ3v) is 2.90. The van der Waals surface area contributed by atoms with Gasteiger partial charge in [-0.1, -0.05) is 0 Å². The quantitative estimate of drug-likeness (QED) is 0.885. The molecular formula is C12H13F2NO3. The number of ether oxygens (including phenoxy) is 1. The molecule has 1 aliphatic rings. The van der Waals surface area contributed by atoms with Gasteiger partial charge in [-0.2, -0.15) is 0 Å². The highest BCUT2D eigenvalue weighted by Gasteiger charge is 2.24. The number of benzene rings is 1. The van der Waals surface area contributed by atoms with E-state index in [4.69, 9.17) is 9.84 Å². The molecule has 98 valence electrons. The minimum Gasteiger partial charge on any atom is -0.487 e. The first-order valence-corrected chi connectivity index (χ1v) is 5.66. The smallest absolute Gasteiger partial charge is 0.407 e. The fourth-order valence-corrected chi connectivity index (χ4v) is 1.91. The Labute approximate surface area is 103 Å². The summed E-state index contributed by atoms with van der Waals surface area (Å²) in [4.78, 5) is 12.0. The van der Waals surface area contributed by atoms with Crippen molar-refractivity contribution in [3.8, 4) is 5.75 Å². The van der Waals surface area contributed by atoms with Gasteiger partial charge in [0.1, 0.15) is 11.9 Å². The number of hydrogen-bond acceptors (Lipinski definition) is 2. The number of likely N-dealkylation sites (tertiary alicyclic amines) is 1. The van der Waals surface area contributed by atoms with Crippen LogP contribution in [0.5, 0.6) is 5.75 Å². The molecule has 0 aromatic heterocycles. The topological polar surface area (TPSA) is 49.8 Å². The van der Waals surface area contributed by atoms with Gasteiger partial charge in [0.25, 0.3) is 0 Å². The Hall–Kier alpha value is -1.85. The number of amides is 1. The molecule has 6 heteroatoms. The van der Waals surface area contributed by atoms with E-state index in [-0.39, 0.29) is 11.9 Å². The molecule has 1 fully saturated rings. The van der Waals surface area contributed by atoms with Crippen molar-refractivity contribution in [1.82, 2.24) is 4.90 Å². The average molecular weight is 257 g/mol. The highest BCUT2D eigenvalue weighted by Crippen LogP contribution is 2.23. The van der Waals surface area contributed by atoms with E-state index in [1.54, 1.807) is 0 Å². The summed E-state index contributed by atoms with van der Waals surface area (Å²) in [6.07, 6.45) is -0.299. The van der Waals surface area contributed by atoms with Gasteiger partial charge in [-0.3, -0.25) is 0 Å². The standard InChI is InChI=1S/C12H13F2NO3/c13-8-1-2-10(14)11(7-8)18-9-3-5-15(6-4-9)12(16)17/h1-2,7,9H,3-6H2,(H,16,17). The lowest BCUT2D eigenvalue weighted by Crippen LogP contribution is -2.41. The summed E-state index contributed by atoms with van der Waals surface area (Å²) in [5.74, 6) is -1.30. The van der Waals surface area contributed by atoms with Crippen LogP contribution in [0.25, 0.3) is 0 Å². The molecule has 0 aliphatic carbocycles. The molecule has 1 saturated heterocycles. The maximum atomic E-state index is 13.3. The Bertz CT molecular complexity index is 445. The van der Waals surface area contributed by atoms with Crippen LogP contribution in [0.15, 0.2) is 18.2 Å². The normalized spacial score (nSPS) is 16.7. The molecule has 0 bridgehead atoms. The Morgan fingerprint density at radius 3 is 2.61 bits per heavy atom. The van der Waals surface area contributed by atoms with E-state index >= 15 is 0 Å². The van der Waals surface area contributed by atoms with Crippen molar-refractivity contribution < 1.29 is 23.4 Å². The molecule has 1 aromatic carbocycles. The summed E-state index contributed by atoms with van der Waals surface area (Å²) in [5, 5.41) is 8.77. The minimum atomic E-state index is -0.967. The van der Waals surface area contributed by atoms with Crippen molar-refractivity contribution in [2.24, 2.45) is 0 Å². The number of piperidine rings is 1. The van der Waals surface area contributed by atoms with Gasteiger partial charge in [0.05, 0.1) is 0 Å². The Morgan fingerprint density at radius 1 is 1.33 bits per heavy atom. The van der Waals surface area contributed by atoms with Crippen LogP contribution in [0.2, 0.25) is 0 Å². The lowest BCUT2D eigenvalue weighted by Gasteiger charge is -2.30. The molecule has 1 heterocycles. The zero-order valence-corrected chi connectivity index (χ0v) is 9.60. The number of carboxylic acid groups (broad SMARTS) is 1. The van der Waals surface area contributed by atoms with E-state index in [1.807, 2.05) is 0 Å². The van der Waals surface area contributed by atoms with Crippen LogP contribution >= 0.6 is 0 Å². The van der Waals surface area contributed by atoms with Crippen LogP contribution in [0.4, 0.5) is 13.6 Å². The maximum Gasteiger partial charge on any atom is 0.407 e. The zero-order valence-electron chi connectivity index (χ0n) is 9.60. The maximum absolute atomic E-state index is 13.3. The third kappa shape index (κ3) is 2.88. The first kappa shape index (κ1) is 12.6. The monoisotopic (exact) mass is 257 g/mol. The number of hydrogen-bond donors (Lipinski definition) is 1. The van der Waals surface area contributed by atoms with Crippen molar-refractivity contribution >= 4 is 6.09 Å². The zero-order chi connectivity index (χ0) is 13.1. The Morgan fingerprint density at radius 2 is 2.00 bits per heavy atom. The highest BCUT2D eigenvalue weighted by molar-refractivity contribution is 5.65. The number of nitrogens with zero attached hydrogens (tertiary/aromatic N) is 1. The summed E-state index contributed by atoms with van der Waals surface area (Å²) in [5.41, 5.74) is 0. The van der Waals surface area contributed by atoms with Crippen LogP contribution in [0.1, 0.15) is 12.8 Å². The lowest BCUT2D eigenvalue weighted by atomic mass is 10.1. The van der Waals surface area contributed by atoms with Crippen LogP contribution < -0.4 is 4.74 Å². The second-order valence-corrected chi connectivity index (χ2v) is 4.16. The fraction of sp³-hybridized carbons (Fsp3) is 0.417. The predicted octanol–water partition coefficient (Wildman–Crippen LogP) is 2.49. The van der Waals surface area contributed by atoms with E-state index in [0.717, 1.165) is 18.2 Å². The van der Waals surface area contributed by atoms with Gasteiger partial charge >= 0.3 is 6.09 Å². The molecule has 1 N–H and O–H groups in total. The molecular weight excluding hydrogens is 244 g/mol. The second-order valence-electron chi connectivity index (χ2n) is 4.16. The summed E-state index contributed by atoms with van der Waals surface area (Å²) in [6, 6.07) is 3.03. The first-order valence-electron chi connectivity index (χ1n) is 5.66. The predicted molar refractivity (Wildman–Crippen MR) is 59.6 cm³/mol. The summed E-state index contributed by atoms with van der Waals surface area (Å²) in [6.45, 7) is 0.688. The summed E-state index contributed by atoms with van der Waals surface area (Å²) >= 11 is 0. The van der Waals surface area contributed by atoms with Gasteiger partial charge in [-0.25, -0.2) is 13.6 Å². The number of halogens is 2. The van der Waals surface area contributed by atoms with E-state index in [0.29, 0.717) is 25.9 Å². The molecule has 0 radical (unpaired) electrons. The minimum absolute atomic E-state index is 0.122. The van der Waals surface area contributed by atoms with Crippen molar-refractivity contribution in [2.45, 2.75) is 18.9 Å². The summed E-state index contributed by atoms with van der Waals surface area (Å²) in [7, 11) is 0. The van der Waals surface area contributed by atoms with E-state index < -0.39 is 17.7 Å². The van der Waals surface area contributed by atoms with E-state index in [2.05, 4.69) is 0 Å². The molecule has 0 saturated carbocycles. The molecule has 0 atom stereocenters. The van der Waals surface area contributed by atoms with Gasteiger partial charge in [-0.15, -0.1) is 0 Å². The first-order chi connectivity index (χ1) is 8.56. The van der Waals surface area contributed by atoms with Gasteiger partial charge in [0, 0.05) is 32.0 Å². The van der Waals surface area contributed by atoms with Gasteiger partial charge < -0.3 is 14.7 Å².